The Balaban J connectivity index is 2.05. The quantitative estimate of drug-likeness (QED) is 0.560. The minimum atomic E-state index is -4.54. The van der Waals surface area contributed by atoms with Crippen LogP contribution < -0.4 is 5.56 Å². The van der Waals surface area contributed by atoms with E-state index in [2.05, 4.69) is 15.2 Å². The maximum absolute atomic E-state index is 13.0. The summed E-state index contributed by atoms with van der Waals surface area (Å²) >= 11 is 2.48. The lowest BCUT2D eigenvalue weighted by atomic mass is 10.2. The van der Waals surface area contributed by atoms with Gasteiger partial charge in [-0.25, -0.2) is 4.98 Å². The molecule has 3 aromatic heterocycles. The van der Waals surface area contributed by atoms with E-state index < -0.39 is 11.9 Å². The second-order valence-electron chi connectivity index (χ2n) is 6.02. The topological polar surface area (TPSA) is 60.7 Å². The second-order valence-corrected chi connectivity index (χ2v) is 8.22. The molecule has 0 atom stereocenters. The second kappa shape index (κ2) is 7.59. The molecule has 0 aliphatic rings. The largest absolute Gasteiger partial charge is 0.435 e. The Hall–Kier alpha value is -1.94. The molecule has 27 heavy (non-hydrogen) atoms. The molecule has 0 unspecified atom stereocenters. The van der Waals surface area contributed by atoms with Gasteiger partial charge in [-0.15, -0.1) is 21.5 Å². The number of hydrogen-bond donors (Lipinski definition) is 0. The van der Waals surface area contributed by atoms with Crippen molar-refractivity contribution in [3.05, 3.63) is 38.6 Å². The molecule has 0 fully saturated rings. The maximum Gasteiger partial charge on any atom is 0.435 e. The van der Waals surface area contributed by atoms with Gasteiger partial charge in [0.05, 0.1) is 5.39 Å². The predicted octanol–water partition coefficient (Wildman–Crippen LogP) is 4.83. The summed E-state index contributed by atoms with van der Waals surface area (Å²) in [6, 6.07) is 2.12. The van der Waals surface area contributed by atoms with Crippen molar-refractivity contribution in [3.63, 3.8) is 0 Å². The number of nitrogens with zero attached hydrogens (tertiary/aromatic N) is 4. The Morgan fingerprint density at radius 1 is 1.22 bits per heavy atom. The van der Waals surface area contributed by atoms with Crippen LogP contribution >= 0.6 is 23.1 Å². The summed E-state index contributed by atoms with van der Waals surface area (Å²) in [5.74, 6) is 0. The Labute approximate surface area is 161 Å². The molecule has 0 spiro atoms. The van der Waals surface area contributed by atoms with E-state index in [1.165, 1.54) is 17.4 Å². The van der Waals surface area contributed by atoms with Gasteiger partial charge in [0.1, 0.15) is 9.86 Å². The molecule has 3 rings (SSSR count). The lowest BCUT2D eigenvalue weighted by molar-refractivity contribution is -0.141. The molecule has 0 N–H and O–H groups in total. The van der Waals surface area contributed by atoms with E-state index in [0.29, 0.717) is 21.9 Å². The zero-order valence-electron chi connectivity index (χ0n) is 14.9. The van der Waals surface area contributed by atoms with Gasteiger partial charge < -0.3 is 0 Å². The lowest BCUT2D eigenvalue weighted by Gasteiger charge is -2.11. The van der Waals surface area contributed by atoms with Crippen LogP contribution in [0.4, 0.5) is 13.2 Å². The Kier molecular flexibility index (Phi) is 5.57. The van der Waals surface area contributed by atoms with Crippen LogP contribution in [0, 0.1) is 13.8 Å². The molecule has 0 aromatic carbocycles. The van der Waals surface area contributed by atoms with E-state index in [4.69, 9.17) is 0 Å². The normalized spacial score (nSPS) is 12.1. The minimum absolute atomic E-state index is 0.127. The summed E-state index contributed by atoms with van der Waals surface area (Å²) in [6.07, 6.45) is -2.85. The highest BCUT2D eigenvalue weighted by Crippen LogP contribution is 2.32. The summed E-state index contributed by atoms with van der Waals surface area (Å²) in [5, 5.41) is 8.14. The highest BCUT2D eigenvalue weighted by Gasteiger charge is 2.33. The molecule has 3 heterocycles. The first kappa shape index (κ1) is 19.8. The van der Waals surface area contributed by atoms with Crippen molar-refractivity contribution in [2.45, 2.75) is 56.5 Å². The summed E-state index contributed by atoms with van der Waals surface area (Å²) in [5.41, 5.74) is -0.260. The average Bonchev–Trinajstić information content (AvgIpc) is 2.88. The molecular weight excluding hydrogens is 397 g/mol. The maximum atomic E-state index is 13.0. The number of alkyl halides is 3. The number of aryl methyl sites for hydroxylation is 2. The van der Waals surface area contributed by atoms with Crippen molar-refractivity contribution in [1.82, 2.24) is 19.7 Å². The monoisotopic (exact) mass is 414 g/mol. The summed E-state index contributed by atoms with van der Waals surface area (Å²) < 4.78 is 39.5. The first-order valence-corrected chi connectivity index (χ1v) is 9.95. The van der Waals surface area contributed by atoms with Crippen LogP contribution in [0.25, 0.3) is 10.2 Å². The van der Waals surface area contributed by atoms with Crippen LogP contribution in [-0.2, 0) is 12.7 Å². The number of hydrogen-bond acceptors (Lipinski definition) is 6. The fourth-order valence-electron chi connectivity index (χ4n) is 2.52. The van der Waals surface area contributed by atoms with Crippen LogP contribution in [0.2, 0.25) is 0 Å². The molecule has 10 heteroatoms. The van der Waals surface area contributed by atoms with Crippen LogP contribution in [0.15, 0.2) is 27.1 Å². The van der Waals surface area contributed by atoms with E-state index in [9.17, 15) is 18.0 Å². The Bertz CT molecular complexity index is 1030. The van der Waals surface area contributed by atoms with E-state index >= 15 is 0 Å². The molecular formula is C17H17F3N4OS2. The number of aromatic nitrogens is 4. The SMILES string of the molecule is CCCCn1c(Sc2ccc(C(F)(F)F)nn2)nc2sc(C)c(C)c2c1=O. The highest BCUT2D eigenvalue weighted by molar-refractivity contribution is 7.99. The van der Waals surface area contributed by atoms with Crippen LogP contribution in [0.1, 0.15) is 35.9 Å². The van der Waals surface area contributed by atoms with Gasteiger partial charge in [-0.05, 0) is 49.7 Å². The van der Waals surface area contributed by atoms with E-state index in [0.717, 1.165) is 41.1 Å². The van der Waals surface area contributed by atoms with Crippen molar-refractivity contribution in [2.75, 3.05) is 0 Å². The van der Waals surface area contributed by atoms with Gasteiger partial charge in [0.15, 0.2) is 10.9 Å². The van der Waals surface area contributed by atoms with Gasteiger partial charge in [0, 0.05) is 11.4 Å². The summed E-state index contributed by atoms with van der Waals surface area (Å²) in [4.78, 5) is 19.2. The van der Waals surface area contributed by atoms with Gasteiger partial charge >= 0.3 is 6.18 Å². The summed E-state index contributed by atoms with van der Waals surface area (Å²) in [7, 11) is 0. The molecule has 0 saturated heterocycles. The van der Waals surface area contributed by atoms with Crippen molar-refractivity contribution in [3.8, 4) is 0 Å². The third-order valence-electron chi connectivity index (χ3n) is 4.12. The lowest BCUT2D eigenvalue weighted by Crippen LogP contribution is -2.23. The molecule has 0 saturated carbocycles. The number of thiophene rings is 1. The van der Waals surface area contributed by atoms with E-state index in [-0.39, 0.29) is 10.6 Å². The van der Waals surface area contributed by atoms with Crippen molar-refractivity contribution in [2.24, 2.45) is 0 Å². The number of halogens is 3. The molecule has 144 valence electrons. The fourth-order valence-corrected chi connectivity index (χ4v) is 4.42. The van der Waals surface area contributed by atoms with Crippen LogP contribution in [0.5, 0.6) is 0 Å². The predicted molar refractivity (Wildman–Crippen MR) is 99.4 cm³/mol. The van der Waals surface area contributed by atoms with Crippen LogP contribution in [0.3, 0.4) is 0 Å². The van der Waals surface area contributed by atoms with Gasteiger partial charge in [-0.2, -0.15) is 13.2 Å². The molecule has 0 amide bonds. The van der Waals surface area contributed by atoms with E-state index in [1.807, 2.05) is 20.8 Å². The van der Waals surface area contributed by atoms with E-state index in [1.54, 1.807) is 4.57 Å². The zero-order chi connectivity index (χ0) is 19.8. The molecule has 5 nitrogen and oxygen atoms in total. The average molecular weight is 414 g/mol. The molecule has 0 aliphatic heterocycles. The molecule has 0 aliphatic carbocycles. The highest BCUT2D eigenvalue weighted by atomic mass is 32.2. The number of unbranched alkanes of at least 4 members (excludes halogenated alkanes) is 1. The first-order chi connectivity index (χ1) is 12.7. The Morgan fingerprint density at radius 3 is 2.56 bits per heavy atom. The Morgan fingerprint density at radius 2 is 1.96 bits per heavy atom. The van der Waals surface area contributed by atoms with Crippen molar-refractivity contribution in [1.29, 1.82) is 0 Å². The third-order valence-corrected chi connectivity index (χ3v) is 6.14. The first-order valence-electron chi connectivity index (χ1n) is 8.31. The van der Waals surface area contributed by atoms with Crippen molar-refractivity contribution < 1.29 is 13.2 Å². The zero-order valence-corrected chi connectivity index (χ0v) is 16.6. The van der Waals surface area contributed by atoms with Gasteiger partial charge in [-0.1, -0.05) is 13.3 Å². The van der Waals surface area contributed by atoms with Crippen LogP contribution in [-0.4, -0.2) is 19.7 Å². The minimum Gasteiger partial charge on any atom is -0.287 e. The fraction of sp³-hybridized carbons (Fsp3) is 0.412. The third kappa shape index (κ3) is 4.01. The van der Waals surface area contributed by atoms with Gasteiger partial charge in [0.2, 0.25) is 0 Å². The number of rotatable bonds is 5. The smallest absolute Gasteiger partial charge is 0.287 e. The molecule has 3 aromatic rings. The number of fused-ring (bicyclic) bond motifs is 1. The molecule has 0 bridgehead atoms. The molecule has 0 radical (unpaired) electrons. The van der Waals surface area contributed by atoms with Gasteiger partial charge in [0.25, 0.3) is 5.56 Å². The van der Waals surface area contributed by atoms with Gasteiger partial charge in [-0.3, -0.25) is 9.36 Å². The standard InChI is InChI=1S/C17H17F3N4OS2/c1-4-5-8-24-15(25)13-9(2)10(3)26-14(13)21-16(24)27-12-7-6-11(22-23-12)17(18,19)20/h6-7H,4-5,8H2,1-3H3. The van der Waals surface area contributed by atoms with Crippen molar-refractivity contribution >= 4 is 33.3 Å². The summed E-state index contributed by atoms with van der Waals surface area (Å²) in [6.45, 7) is 6.34.